The number of carbonyl (C=O) groups excluding carboxylic acids is 1. The summed E-state index contributed by atoms with van der Waals surface area (Å²) in [5.41, 5.74) is 7.39. The summed E-state index contributed by atoms with van der Waals surface area (Å²) in [6.07, 6.45) is 5.55. The maximum Gasteiger partial charge on any atom is 0.269 e. The van der Waals surface area contributed by atoms with Crippen LogP contribution >= 0.6 is 11.6 Å². The van der Waals surface area contributed by atoms with E-state index in [1.54, 1.807) is 24.3 Å². The van der Waals surface area contributed by atoms with E-state index in [-0.39, 0.29) is 5.91 Å². The van der Waals surface area contributed by atoms with Crippen LogP contribution in [0.1, 0.15) is 36.5 Å². The number of hydrogen-bond donors (Lipinski definition) is 2. The van der Waals surface area contributed by atoms with Crippen molar-refractivity contribution in [3.05, 3.63) is 46.6 Å². The van der Waals surface area contributed by atoms with Crippen LogP contribution in [0, 0.1) is 5.92 Å². The second-order valence-electron chi connectivity index (χ2n) is 4.65. The lowest BCUT2D eigenvalue weighted by Crippen LogP contribution is -2.37. The molecule has 18 heavy (non-hydrogen) atoms. The normalized spacial score (nSPS) is 19.0. The Bertz CT molecular complexity index is 453. The van der Waals surface area contributed by atoms with Crippen molar-refractivity contribution >= 4 is 17.5 Å². The monoisotopic (exact) mass is 264 g/mol. The Balaban J connectivity index is 1.90. The van der Waals surface area contributed by atoms with Crippen molar-refractivity contribution in [2.75, 3.05) is 0 Å². The molecule has 1 aromatic carbocycles. The van der Waals surface area contributed by atoms with Crippen molar-refractivity contribution in [2.45, 2.75) is 26.2 Å². The number of allylic oxidation sites excluding steroid dienone is 2. The number of halogens is 1. The van der Waals surface area contributed by atoms with E-state index in [9.17, 15) is 4.79 Å². The van der Waals surface area contributed by atoms with Crippen molar-refractivity contribution in [2.24, 2.45) is 5.92 Å². The minimum atomic E-state index is -0.147. The molecule has 0 aliphatic heterocycles. The Morgan fingerprint density at radius 2 is 2.06 bits per heavy atom. The van der Waals surface area contributed by atoms with Crippen molar-refractivity contribution in [1.29, 1.82) is 0 Å². The summed E-state index contributed by atoms with van der Waals surface area (Å²) < 4.78 is 0. The summed E-state index contributed by atoms with van der Waals surface area (Å²) in [7, 11) is 0. The molecule has 0 saturated carbocycles. The molecular formula is C14H17ClN2O. The largest absolute Gasteiger partial charge is 0.303 e. The first-order valence-electron chi connectivity index (χ1n) is 6.18. The van der Waals surface area contributed by atoms with Crippen LogP contribution in [0.25, 0.3) is 0 Å². The quantitative estimate of drug-likeness (QED) is 0.823. The Kier molecular flexibility index (Phi) is 4.26. The molecular weight excluding hydrogens is 248 g/mol. The molecule has 0 fully saturated rings. The van der Waals surface area contributed by atoms with Gasteiger partial charge in [-0.25, -0.2) is 0 Å². The van der Waals surface area contributed by atoms with E-state index < -0.39 is 0 Å². The molecule has 2 rings (SSSR count). The number of nitrogens with one attached hydrogen (secondary N) is 2. The molecule has 0 bridgehead atoms. The first-order valence-corrected chi connectivity index (χ1v) is 6.55. The molecule has 0 unspecified atom stereocenters. The highest BCUT2D eigenvalue weighted by atomic mass is 35.5. The van der Waals surface area contributed by atoms with E-state index in [0.29, 0.717) is 16.5 Å². The van der Waals surface area contributed by atoms with Crippen molar-refractivity contribution < 1.29 is 4.79 Å². The molecule has 4 heteroatoms. The van der Waals surface area contributed by atoms with Crippen molar-refractivity contribution in [3.8, 4) is 0 Å². The summed E-state index contributed by atoms with van der Waals surface area (Å²) in [6, 6.07) is 6.82. The fourth-order valence-electron chi connectivity index (χ4n) is 2.04. The van der Waals surface area contributed by atoms with Crippen LogP contribution in [-0.2, 0) is 0 Å². The number of hydrogen-bond acceptors (Lipinski definition) is 2. The summed E-state index contributed by atoms with van der Waals surface area (Å²) in [5, 5.41) is 0.628. The van der Waals surface area contributed by atoms with Crippen LogP contribution in [-0.4, -0.2) is 5.91 Å². The van der Waals surface area contributed by atoms with Gasteiger partial charge in [-0.2, -0.15) is 0 Å². The number of rotatable bonds is 3. The van der Waals surface area contributed by atoms with Gasteiger partial charge in [0.2, 0.25) is 0 Å². The molecule has 1 aliphatic carbocycles. The van der Waals surface area contributed by atoms with Crippen molar-refractivity contribution in [1.82, 2.24) is 10.9 Å². The predicted molar refractivity (Wildman–Crippen MR) is 73.2 cm³/mol. The van der Waals surface area contributed by atoms with E-state index in [0.717, 1.165) is 18.5 Å². The fourth-order valence-corrected chi connectivity index (χ4v) is 2.17. The maximum atomic E-state index is 11.8. The third kappa shape index (κ3) is 3.50. The van der Waals surface area contributed by atoms with E-state index in [2.05, 4.69) is 23.9 Å². The van der Waals surface area contributed by atoms with Gasteiger partial charge >= 0.3 is 0 Å². The van der Waals surface area contributed by atoms with Gasteiger partial charge in [0.05, 0.1) is 0 Å². The van der Waals surface area contributed by atoms with E-state index >= 15 is 0 Å². The van der Waals surface area contributed by atoms with Gasteiger partial charge in [0.15, 0.2) is 0 Å². The topological polar surface area (TPSA) is 41.1 Å². The van der Waals surface area contributed by atoms with Gasteiger partial charge in [-0.15, -0.1) is 0 Å². The molecule has 96 valence electrons. The SMILES string of the molecule is C[C@H]1C=C(NNC(=O)c2ccc(Cl)cc2)CCC1. The van der Waals surface area contributed by atoms with Gasteiger partial charge in [-0.3, -0.25) is 10.2 Å². The van der Waals surface area contributed by atoms with Crippen LogP contribution in [0.2, 0.25) is 5.02 Å². The maximum absolute atomic E-state index is 11.8. The molecule has 0 aromatic heterocycles. The summed E-state index contributed by atoms with van der Waals surface area (Å²) in [4.78, 5) is 11.8. The predicted octanol–water partition coefficient (Wildman–Crippen LogP) is 3.28. The van der Waals surface area contributed by atoms with Gasteiger partial charge in [-0.05, 0) is 49.4 Å². The van der Waals surface area contributed by atoms with Gasteiger partial charge in [-0.1, -0.05) is 24.6 Å². The lowest BCUT2D eigenvalue weighted by atomic mass is 9.96. The molecule has 1 atom stereocenters. The Labute approximate surface area is 112 Å². The lowest BCUT2D eigenvalue weighted by molar-refractivity contribution is 0.0938. The standard InChI is InChI=1S/C14H17ClN2O/c1-10-3-2-4-13(9-10)16-17-14(18)11-5-7-12(15)8-6-11/h5-10,16H,2-4H2,1H3,(H,17,18)/t10-/m1/s1. The van der Waals surface area contributed by atoms with E-state index in [4.69, 9.17) is 11.6 Å². The second-order valence-corrected chi connectivity index (χ2v) is 5.08. The lowest BCUT2D eigenvalue weighted by Gasteiger charge is -2.19. The minimum Gasteiger partial charge on any atom is -0.303 e. The number of carbonyl (C=O) groups is 1. The molecule has 1 aromatic rings. The van der Waals surface area contributed by atoms with E-state index in [1.165, 1.54) is 6.42 Å². The summed E-state index contributed by atoms with van der Waals surface area (Å²) in [6.45, 7) is 2.18. The molecule has 0 heterocycles. The average molecular weight is 265 g/mol. The number of benzene rings is 1. The molecule has 0 spiro atoms. The molecule has 0 radical (unpaired) electrons. The molecule has 2 N–H and O–H groups in total. The Morgan fingerprint density at radius 1 is 1.33 bits per heavy atom. The zero-order valence-electron chi connectivity index (χ0n) is 10.4. The smallest absolute Gasteiger partial charge is 0.269 e. The van der Waals surface area contributed by atoms with Crippen LogP contribution in [0.5, 0.6) is 0 Å². The van der Waals surface area contributed by atoms with E-state index in [1.807, 2.05) is 0 Å². The molecule has 1 amide bonds. The average Bonchev–Trinajstić information content (AvgIpc) is 2.37. The van der Waals surface area contributed by atoms with Crippen LogP contribution < -0.4 is 10.9 Å². The van der Waals surface area contributed by atoms with Gasteiger partial charge < -0.3 is 5.43 Å². The van der Waals surface area contributed by atoms with Crippen LogP contribution in [0.15, 0.2) is 36.0 Å². The Hall–Kier alpha value is -1.48. The minimum absolute atomic E-state index is 0.147. The van der Waals surface area contributed by atoms with Crippen LogP contribution in [0.3, 0.4) is 0 Å². The highest BCUT2D eigenvalue weighted by molar-refractivity contribution is 6.30. The summed E-state index contributed by atoms with van der Waals surface area (Å²) in [5.74, 6) is 0.430. The third-order valence-electron chi connectivity index (χ3n) is 3.03. The number of amides is 1. The third-order valence-corrected chi connectivity index (χ3v) is 3.29. The Morgan fingerprint density at radius 3 is 2.72 bits per heavy atom. The van der Waals surface area contributed by atoms with Gasteiger partial charge in [0.1, 0.15) is 0 Å². The number of hydrazine groups is 1. The second kappa shape index (κ2) is 5.91. The molecule has 3 nitrogen and oxygen atoms in total. The highest BCUT2D eigenvalue weighted by Crippen LogP contribution is 2.20. The fraction of sp³-hybridized carbons (Fsp3) is 0.357. The molecule has 0 saturated heterocycles. The molecule has 1 aliphatic rings. The zero-order chi connectivity index (χ0) is 13.0. The first kappa shape index (κ1) is 13.0. The van der Waals surface area contributed by atoms with Crippen LogP contribution in [0.4, 0.5) is 0 Å². The van der Waals surface area contributed by atoms with Crippen molar-refractivity contribution in [3.63, 3.8) is 0 Å². The van der Waals surface area contributed by atoms with Gasteiger partial charge in [0, 0.05) is 16.3 Å². The zero-order valence-corrected chi connectivity index (χ0v) is 11.1. The highest BCUT2D eigenvalue weighted by Gasteiger charge is 2.10. The summed E-state index contributed by atoms with van der Waals surface area (Å²) >= 11 is 5.77. The first-order chi connectivity index (χ1) is 8.65. The van der Waals surface area contributed by atoms with Gasteiger partial charge in [0.25, 0.3) is 5.91 Å².